The second kappa shape index (κ2) is 6.99. The van der Waals surface area contributed by atoms with E-state index in [2.05, 4.69) is 37.3 Å². The number of carbonyl (C=O) groups excluding carboxylic acids is 1. The Morgan fingerprint density at radius 1 is 1.24 bits per heavy atom. The van der Waals surface area contributed by atoms with Gasteiger partial charge in [0.05, 0.1) is 29.3 Å². The molecule has 33 heavy (non-hydrogen) atoms. The number of nitrogens with zero attached hydrogens (tertiary/aromatic N) is 7. The molecule has 0 saturated heterocycles. The van der Waals surface area contributed by atoms with Crippen molar-refractivity contribution in [2.24, 2.45) is 5.92 Å². The van der Waals surface area contributed by atoms with Crippen molar-refractivity contribution >= 4 is 23.2 Å². The number of rotatable bonds is 5. The molecule has 1 amide bonds. The Kier molecular flexibility index (Phi) is 4.16. The standard InChI is InChI=1S/C22H20FN9O/c1-2-3-13-20-26-10-27-32(20)9-14(28-13)18-29-17(24)16-19(30-18)31-21(33)22(16,11-4-5-11)15-7-6-12(23)8-25-15/h6-11H,2-5H2,1H3,(H3,24,29,30,31,33). The predicted octanol–water partition coefficient (Wildman–Crippen LogP) is 2.30. The molecule has 2 aliphatic rings. The minimum atomic E-state index is -1.14. The Balaban J connectivity index is 1.53. The first-order valence-electron chi connectivity index (χ1n) is 10.8. The maximum absolute atomic E-state index is 13.6. The largest absolute Gasteiger partial charge is 0.383 e. The lowest BCUT2D eigenvalue weighted by Crippen LogP contribution is -2.39. The third-order valence-corrected chi connectivity index (χ3v) is 6.29. The van der Waals surface area contributed by atoms with Crippen LogP contribution in [0.25, 0.3) is 17.2 Å². The molecule has 0 spiro atoms. The monoisotopic (exact) mass is 445 g/mol. The normalized spacial score (nSPS) is 19.6. The van der Waals surface area contributed by atoms with Crippen molar-refractivity contribution in [3.05, 3.63) is 53.6 Å². The lowest BCUT2D eigenvalue weighted by Gasteiger charge is -2.27. The average Bonchev–Trinajstić information content (AvgIpc) is 3.45. The molecule has 0 bridgehead atoms. The van der Waals surface area contributed by atoms with E-state index in [1.165, 1.54) is 18.5 Å². The van der Waals surface area contributed by atoms with Crippen molar-refractivity contribution in [3.8, 4) is 11.5 Å². The number of aryl methyl sites for hydroxylation is 1. The van der Waals surface area contributed by atoms with Gasteiger partial charge in [0, 0.05) is 0 Å². The molecule has 3 N–H and O–H groups in total. The van der Waals surface area contributed by atoms with E-state index in [-0.39, 0.29) is 23.5 Å². The summed E-state index contributed by atoms with van der Waals surface area (Å²) in [6.45, 7) is 2.06. The number of pyridine rings is 1. The van der Waals surface area contributed by atoms with Gasteiger partial charge < -0.3 is 11.1 Å². The van der Waals surface area contributed by atoms with Gasteiger partial charge in [-0.3, -0.25) is 9.78 Å². The van der Waals surface area contributed by atoms with Gasteiger partial charge in [-0.1, -0.05) is 13.3 Å². The van der Waals surface area contributed by atoms with Gasteiger partial charge >= 0.3 is 0 Å². The molecule has 0 radical (unpaired) electrons. The van der Waals surface area contributed by atoms with Gasteiger partial charge in [-0.2, -0.15) is 5.10 Å². The molecule has 0 aromatic carbocycles. The van der Waals surface area contributed by atoms with E-state index in [0.717, 1.165) is 31.2 Å². The van der Waals surface area contributed by atoms with Gasteiger partial charge in [0.2, 0.25) is 5.91 Å². The first kappa shape index (κ1) is 19.6. The number of nitrogens with one attached hydrogen (secondary N) is 1. The fourth-order valence-corrected chi connectivity index (χ4v) is 4.76. The summed E-state index contributed by atoms with van der Waals surface area (Å²) in [5.41, 5.74) is 8.20. The van der Waals surface area contributed by atoms with Crippen LogP contribution < -0.4 is 11.1 Å². The van der Waals surface area contributed by atoms with Crippen LogP contribution in [0.4, 0.5) is 16.0 Å². The molecule has 1 unspecified atom stereocenters. The average molecular weight is 445 g/mol. The van der Waals surface area contributed by atoms with Crippen molar-refractivity contribution < 1.29 is 9.18 Å². The number of carbonyl (C=O) groups is 1. The lowest BCUT2D eigenvalue weighted by atomic mass is 9.74. The number of anilines is 2. The number of nitrogen functional groups attached to an aromatic ring is 1. The second-order valence-electron chi connectivity index (χ2n) is 8.41. The first-order valence-corrected chi connectivity index (χ1v) is 10.8. The summed E-state index contributed by atoms with van der Waals surface area (Å²) in [6.07, 6.45) is 7.54. The quantitative estimate of drug-likeness (QED) is 0.477. The Morgan fingerprint density at radius 3 is 2.82 bits per heavy atom. The smallest absolute Gasteiger partial charge is 0.242 e. The number of aromatic nitrogens is 7. The molecule has 4 aromatic heterocycles. The number of hydrogen-bond acceptors (Lipinski definition) is 8. The van der Waals surface area contributed by atoms with E-state index in [4.69, 9.17) is 10.7 Å². The van der Waals surface area contributed by atoms with Gasteiger partial charge in [0.1, 0.15) is 34.9 Å². The number of hydrogen-bond donors (Lipinski definition) is 2. The molecule has 1 saturated carbocycles. The molecule has 1 aliphatic carbocycles. The van der Waals surface area contributed by atoms with Crippen LogP contribution in [0.2, 0.25) is 0 Å². The summed E-state index contributed by atoms with van der Waals surface area (Å²) in [5, 5.41) is 7.11. The molecule has 6 rings (SSSR count). The first-order chi connectivity index (χ1) is 16.0. The highest BCUT2D eigenvalue weighted by Crippen LogP contribution is 2.57. The van der Waals surface area contributed by atoms with Crippen molar-refractivity contribution in [2.45, 2.75) is 38.0 Å². The topological polar surface area (TPSA) is 137 Å². The molecule has 1 fully saturated rings. The minimum absolute atomic E-state index is 0.00533. The van der Waals surface area contributed by atoms with Crippen LogP contribution in [0.15, 0.2) is 30.9 Å². The maximum Gasteiger partial charge on any atom is 0.242 e. The summed E-state index contributed by atoms with van der Waals surface area (Å²) in [4.78, 5) is 35.8. The zero-order chi connectivity index (χ0) is 22.7. The number of halogens is 1. The molecule has 1 atom stereocenters. The van der Waals surface area contributed by atoms with Gasteiger partial charge in [-0.05, 0) is 37.3 Å². The number of fused-ring (bicyclic) bond motifs is 2. The van der Waals surface area contributed by atoms with E-state index in [1.54, 1.807) is 10.7 Å². The molecular weight excluding hydrogens is 425 g/mol. The fraction of sp³-hybridized carbons (Fsp3) is 0.318. The Hall–Kier alpha value is -4.02. The summed E-state index contributed by atoms with van der Waals surface area (Å²) < 4.78 is 15.2. The third-order valence-electron chi connectivity index (χ3n) is 6.29. The van der Waals surface area contributed by atoms with Crippen LogP contribution in [0.5, 0.6) is 0 Å². The van der Waals surface area contributed by atoms with Crippen molar-refractivity contribution in [1.82, 2.24) is 34.5 Å². The van der Waals surface area contributed by atoms with Crippen LogP contribution in [-0.2, 0) is 16.6 Å². The fourth-order valence-electron chi connectivity index (χ4n) is 4.76. The zero-order valence-electron chi connectivity index (χ0n) is 17.8. The Morgan fingerprint density at radius 2 is 2.09 bits per heavy atom. The van der Waals surface area contributed by atoms with E-state index < -0.39 is 11.2 Å². The summed E-state index contributed by atoms with van der Waals surface area (Å²) in [7, 11) is 0. The molecule has 1 aliphatic heterocycles. The van der Waals surface area contributed by atoms with Crippen molar-refractivity contribution in [3.63, 3.8) is 0 Å². The SMILES string of the molecule is CCCc1nc(-c2nc(N)c3c(n2)NC(=O)C3(c2ccc(F)cn2)C2CC2)cn2ncnc12. The van der Waals surface area contributed by atoms with Gasteiger partial charge in [-0.15, -0.1) is 0 Å². The van der Waals surface area contributed by atoms with Gasteiger partial charge in [0.25, 0.3) is 0 Å². The zero-order valence-corrected chi connectivity index (χ0v) is 17.8. The second-order valence-corrected chi connectivity index (χ2v) is 8.41. The van der Waals surface area contributed by atoms with Crippen LogP contribution >= 0.6 is 0 Å². The third kappa shape index (κ3) is 2.81. The summed E-state index contributed by atoms with van der Waals surface area (Å²) in [6, 6.07) is 2.84. The highest BCUT2D eigenvalue weighted by Gasteiger charge is 2.60. The van der Waals surface area contributed by atoms with Crippen LogP contribution in [0.3, 0.4) is 0 Å². The van der Waals surface area contributed by atoms with Crippen LogP contribution in [0.1, 0.15) is 43.1 Å². The highest BCUT2D eigenvalue weighted by molar-refractivity contribution is 6.09. The van der Waals surface area contributed by atoms with Crippen molar-refractivity contribution in [2.75, 3.05) is 11.1 Å². The van der Waals surface area contributed by atoms with Crippen LogP contribution in [-0.4, -0.2) is 40.4 Å². The Bertz CT molecular complexity index is 1410. The van der Waals surface area contributed by atoms with Crippen LogP contribution in [0, 0.1) is 11.7 Å². The summed E-state index contributed by atoms with van der Waals surface area (Å²) >= 11 is 0. The van der Waals surface area contributed by atoms with E-state index in [1.807, 2.05) is 0 Å². The summed E-state index contributed by atoms with van der Waals surface area (Å²) in [5.74, 6) is 0.0279. The predicted molar refractivity (Wildman–Crippen MR) is 117 cm³/mol. The molecule has 10 nitrogen and oxygen atoms in total. The maximum atomic E-state index is 13.6. The molecule has 166 valence electrons. The molecular formula is C22H20FN9O. The van der Waals surface area contributed by atoms with Crippen molar-refractivity contribution in [1.29, 1.82) is 0 Å². The molecule has 5 heterocycles. The number of nitrogens with two attached hydrogens (primary N) is 1. The lowest BCUT2D eigenvalue weighted by molar-refractivity contribution is -0.120. The number of amides is 1. The van der Waals surface area contributed by atoms with E-state index >= 15 is 0 Å². The minimum Gasteiger partial charge on any atom is -0.383 e. The van der Waals surface area contributed by atoms with E-state index in [0.29, 0.717) is 34.8 Å². The molecule has 4 aromatic rings. The van der Waals surface area contributed by atoms with E-state index in [9.17, 15) is 9.18 Å². The highest BCUT2D eigenvalue weighted by atomic mass is 19.1. The Labute approximate surface area is 187 Å². The molecule has 11 heteroatoms. The van der Waals surface area contributed by atoms with Gasteiger partial charge in [-0.25, -0.2) is 28.8 Å². The van der Waals surface area contributed by atoms with Gasteiger partial charge in [0.15, 0.2) is 11.5 Å².